The van der Waals surface area contributed by atoms with E-state index in [1.807, 2.05) is 12.1 Å². The van der Waals surface area contributed by atoms with Crippen molar-refractivity contribution < 1.29 is 0 Å². The standard InChI is InChI=1S/C11H8Cl2N4S/c12-7-1-3-8(4-2-7)16-11(18)17-10-9(13)14-5-6-15-10/h1-6H,(H2,15,16,17,18). The SMILES string of the molecule is S=C(Nc1ccc(Cl)cc1)Nc1nccnc1Cl. The van der Waals surface area contributed by atoms with Crippen LogP contribution in [0.4, 0.5) is 11.5 Å². The number of hydrogen-bond acceptors (Lipinski definition) is 3. The topological polar surface area (TPSA) is 49.8 Å². The van der Waals surface area contributed by atoms with Crippen molar-refractivity contribution >= 4 is 52.0 Å². The zero-order chi connectivity index (χ0) is 13.0. The fourth-order valence-corrected chi connectivity index (χ4v) is 1.70. The average Bonchev–Trinajstić information content (AvgIpc) is 2.35. The molecule has 2 rings (SSSR count). The summed E-state index contributed by atoms with van der Waals surface area (Å²) in [5, 5.41) is 7.14. The van der Waals surface area contributed by atoms with E-state index in [1.54, 1.807) is 12.1 Å². The van der Waals surface area contributed by atoms with Crippen molar-refractivity contribution in [3.8, 4) is 0 Å². The van der Waals surface area contributed by atoms with E-state index in [0.29, 0.717) is 16.0 Å². The first-order chi connectivity index (χ1) is 8.65. The summed E-state index contributed by atoms with van der Waals surface area (Å²) < 4.78 is 0. The van der Waals surface area contributed by atoms with Crippen molar-refractivity contribution in [2.75, 3.05) is 10.6 Å². The number of hydrogen-bond donors (Lipinski definition) is 2. The molecular formula is C11H8Cl2N4S. The van der Waals surface area contributed by atoms with Gasteiger partial charge < -0.3 is 10.6 Å². The molecule has 18 heavy (non-hydrogen) atoms. The first-order valence-electron chi connectivity index (χ1n) is 4.95. The molecule has 7 heteroatoms. The van der Waals surface area contributed by atoms with Gasteiger partial charge in [-0.25, -0.2) is 9.97 Å². The van der Waals surface area contributed by atoms with Crippen molar-refractivity contribution in [3.63, 3.8) is 0 Å². The fraction of sp³-hybridized carbons (Fsp3) is 0. The van der Waals surface area contributed by atoms with Crippen molar-refractivity contribution in [1.29, 1.82) is 0 Å². The Kier molecular flexibility index (Phi) is 4.30. The number of nitrogens with zero attached hydrogens (tertiary/aromatic N) is 2. The number of nitrogens with one attached hydrogen (secondary N) is 2. The highest BCUT2D eigenvalue weighted by Crippen LogP contribution is 2.16. The van der Waals surface area contributed by atoms with Gasteiger partial charge in [-0.05, 0) is 36.5 Å². The summed E-state index contributed by atoms with van der Waals surface area (Å²) >= 11 is 16.8. The largest absolute Gasteiger partial charge is 0.332 e. The minimum absolute atomic E-state index is 0.262. The summed E-state index contributed by atoms with van der Waals surface area (Å²) in [7, 11) is 0. The van der Waals surface area contributed by atoms with Gasteiger partial charge in [-0.15, -0.1) is 0 Å². The molecule has 0 bridgehead atoms. The maximum Gasteiger partial charge on any atom is 0.176 e. The van der Waals surface area contributed by atoms with E-state index in [9.17, 15) is 0 Å². The van der Waals surface area contributed by atoms with Crippen LogP contribution < -0.4 is 10.6 Å². The van der Waals surface area contributed by atoms with Crippen LogP contribution in [0.5, 0.6) is 0 Å². The van der Waals surface area contributed by atoms with E-state index in [0.717, 1.165) is 5.69 Å². The lowest BCUT2D eigenvalue weighted by molar-refractivity contribution is 1.21. The molecule has 1 heterocycles. The number of aromatic nitrogens is 2. The number of rotatable bonds is 2. The van der Waals surface area contributed by atoms with Gasteiger partial charge in [0.05, 0.1) is 0 Å². The molecule has 2 N–H and O–H groups in total. The Bertz CT molecular complexity index is 559. The monoisotopic (exact) mass is 298 g/mol. The predicted molar refractivity (Wildman–Crippen MR) is 78.3 cm³/mol. The minimum Gasteiger partial charge on any atom is -0.332 e. The lowest BCUT2D eigenvalue weighted by Crippen LogP contribution is -2.20. The maximum atomic E-state index is 5.85. The third-order valence-corrected chi connectivity index (χ3v) is 2.72. The van der Waals surface area contributed by atoms with E-state index >= 15 is 0 Å². The Morgan fingerprint density at radius 1 is 1.00 bits per heavy atom. The quantitative estimate of drug-likeness (QED) is 0.830. The van der Waals surface area contributed by atoms with Gasteiger partial charge in [-0.1, -0.05) is 23.2 Å². The molecular weight excluding hydrogens is 291 g/mol. The second kappa shape index (κ2) is 5.95. The van der Waals surface area contributed by atoms with E-state index in [1.165, 1.54) is 12.4 Å². The summed E-state index contributed by atoms with van der Waals surface area (Å²) in [6.07, 6.45) is 3.03. The van der Waals surface area contributed by atoms with Crippen LogP contribution in [0, 0.1) is 0 Å². The Labute approximate surface area is 119 Å². The molecule has 92 valence electrons. The van der Waals surface area contributed by atoms with Crippen LogP contribution in [0.25, 0.3) is 0 Å². The molecule has 0 aliphatic heterocycles. The van der Waals surface area contributed by atoms with Crippen molar-refractivity contribution in [3.05, 3.63) is 46.8 Å². The smallest absolute Gasteiger partial charge is 0.176 e. The molecule has 1 aromatic carbocycles. The number of halogens is 2. The van der Waals surface area contributed by atoms with Crippen LogP contribution in [0.1, 0.15) is 0 Å². The molecule has 2 aromatic rings. The molecule has 4 nitrogen and oxygen atoms in total. The van der Waals surface area contributed by atoms with Crippen LogP contribution in [-0.2, 0) is 0 Å². The van der Waals surface area contributed by atoms with Crippen molar-refractivity contribution in [1.82, 2.24) is 9.97 Å². The Hall–Kier alpha value is -1.43. The fourth-order valence-electron chi connectivity index (χ4n) is 1.21. The molecule has 0 amide bonds. The molecule has 0 saturated heterocycles. The molecule has 0 unspecified atom stereocenters. The van der Waals surface area contributed by atoms with E-state index < -0.39 is 0 Å². The number of benzene rings is 1. The van der Waals surface area contributed by atoms with Gasteiger partial charge in [-0.2, -0.15) is 0 Å². The third kappa shape index (κ3) is 3.53. The first kappa shape index (κ1) is 13.0. The van der Waals surface area contributed by atoms with Gasteiger partial charge in [0.2, 0.25) is 0 Å². The summed E-state index contributed by atoms with van der Waals surface area (Å²) in [4.78, 5) is 7.91. The maximum absolute atomic E-state index is 5.85. The second-order valence-corrected chi connectivity index (χ2v) is 4.48. The first-order valence-corrected chi connectivity index (χ1v) is 6.11. The lowest BCUT2D eigenvalue weighted by atomic mass is 10.3. The summed E-state index contributed by atoms with van der Waals surface area (Å²) in [6.45, 7) is 0. The Morgan fingerprint density at radius 2 is 1.67 bits per heavy atom. The lowest BCUT2D eigenvalue weighted by Gasteiger charge is -2.10. The van der Waals surface area contributed by atoms with Crippen LogP contribution >= 0.6 is 35.4 Å². The van der Waals surface area contributed by atoms with Gasteiger partial charge in [0, 0.05) is 23.1 Å². The van der Waals surface area contributed by atoms with Gasteiger partial charge in [0.1, 0.15) is 0 Å². The average molecular weight is 299 g/mol. The molecule has 0 aliphatic carbocycles. The van der Waals surface area contributed by atoms with Gasteiger partial charge in [-0.3, -0.25) is 0 Å². The van der Waals surface area contributed by atoms with E-state index in [4.69, 9.17) is 35.4 Å². The zero-order valence-electron chi connectivity index (χ0n) is 9.02. The van der Waals surface area contributed by atoms with Crippen LogP contribution in [0.3, 0.4) is 0 Å². The molecule has 0 fully saturated rings. The van der Waals surface area contributed by atoms with Gasteiger partial charge >= 0.3 is 0 Å². The summed E-state index contributed by atoms with van der Waals surface area (Å²) in [5.74, 6) is 0.408. The minimum atomic E-state index is 0.262. The van der Waals surface area contributed by atoms with Crippen molar-refractivity contribution in [2.45, 2.75) is 0 Å². The normalized spacial score (nSPS) is 9.89. The van der Waals surface area contributed by atoms with E-state index in [-0.39, 0.29) is 5.15 Å². The van der Waals surface area contributed by atoms with Crippen LogP contribution in [0.15, 0.2) is 36.7 Å². The van der Waals surface area contributed by atoms with Crippen molar-refractivity contribution in [2.24, 2.45) is 0 Å². The molecule has 0 spiro atoms. The molecule has 0 saturated carbocycles. The third-order valence-electron chi connectivity index (χ3n) is 1.99. The highest BCUT2D eigenvalue weighted by atomic mass is 35.5. The van der Waals surface area contributed by atoms with Gasteiger partial charge in [0.15, 0.2) is 16.1 Å². The molecule has 1 aromatic heterocycles. The number of thiocarbonyl (C=S) groups is 1. The zero-order valence-corrected chi connectivity index (χ0v) is 11.4. The molecule has 0 aliphatic rings. The Balaban J connectivity index is 2.01. The second-order valence-electron chi connectivity index (χ2n) is 3.28. The molecule has 0 radical (unpaired) electrons. The molecule has 0 atom stereocenters. The van der Waals surface area contributed by atoms with E-state index in [2.05, 4.69) is 20.6 Å². The van der Waals surface area contributed by atoms with Crippen LogP contribution in [0.2, 0.25) is 10.2 Å². The Morgan fingerprint density at radius 3 is 2.33 bits per heavy atom. The number of anilines is 2. The summed E-state index contributed by atoms with van der Waals surface area (Å²) in [6, 6.07) is 7.16. The van der Waals surface area contributed by atoms with Gasteiger partial charge in [0.25, 0.3) is 0 Å². The predicted octanol–water partition coefficient (Wildman–Crippen LogP) is 3.59. The summed E-state index contributed by atoms with van der Waals surface area (Å²) in [5.41, 5.74) is 0.817. The highest BCUT2D eigenvalue weighted by molar-refractivity contribution is 7.80. The van der Waals surface area contributed by atoms with Crippen LogP contribution in [-0.4, -0.2) is 15.1 Å². The highest BCUT2D eigenvalue weighted by Gasteiger charge is 2.04.